The lowest BCUT2D eigenvalue weighted by Gasteiger charge is -2.17. The molecule has 1 atom stereocenters. The van der Waals surface area contributed by atoms with Gasteiger partial charge in [0.1, 0.15) is 0 Å². The molecule has 0 unspecified atom stereocenters. The summed E-state index contributed by atoms with van der Waals surface area (Å²) in [6.45, 7) is 2.10. The molecule has 0 spiro atoms. The van der Waals surface area contributed by atoms with Crippen LogP contribution in [0.5, 0.6) is 0 Å². The maximum Gasteiger partial charge on any atom is 0.311 e. The van der Waals surface area contributed by atoms with Gasteiger partial charge < -0.3 is 9.64 Å². The topological polar surface area (TPSA) is 84.0 Å². The number of carbonyl (C=O) groups excluding carboxylic acids is 4. The number of aryl methyl sites for hydroxylation is 1. The van der Waals surface area contributed by atoms with Crippen LogP contribution >= 0.6 is 0 Å². The van der Waals surface area contributed by atoms with Crippen LogP contribution in [0.25, 0.3) is 0 Å². The highest BCUT2D eigenvalue weighted by Crippen LogP contribution is 2.26. The third-order valence-corrected chi connectivity index (χ3v) is 4.52. The predicted octanol–water partition coefficient (Wildman–Crippen LogP) is 1.04. The third-order valence-electron chi connectivity index (χ3n) is 4.52. The molecule has 1 aromatic rings. The number of imide groups is 1. The van der Waals surface area contributed by atoms with Gasteiger partial charge in [0.05, 0.1) is 5.92 Å². The molecule has 25 heavy (non-hydrogen) atoms. The van der Waals surface area contributed by atoms with E-state index in [1.165, 1.54) is 0 Å². The molecule has 7 nitrogen and oxygen atoms in total. The zero-order valence-electron chi connectivity index (χ0n) is 14.1. The summed E-state index contributed by atoms with van der Waals surface area (Å²) < 4.78 is 5.04. The van der Waals surface area contributed by atoms with Gasteiger partial charge in [-0.2, -0.15) is 0 Å². The van der Waals surface area contributed by atoms with Crippen molar-refractivity contribution in [2.45, 2.75) is 26.2 Å². The Morgan fingerprint density at radius 1 is 1.16 bits per heavy atom. The number of esters is 1. The van der Waals surface area contributed by atoms with Gasteiger partial charge in [0.2, 0.25) is 11.8 Å². The number of ether oxygens (including phenoxy) is 1. The van der Waals surface area contributed by atoms with E-state index in [9.17, 15) is 19.2 Å². The van der Waals surface area contributed by atoms with Crippen molar-refractivity contribution in [1.29, 1.82) is 0 Å². The Balaban J connectivity index is 1.55. The molecule has 2 aliphatic heterocycles. The fraction of sp³-hybridized carbons (Fsp3) is 0.444. The number of amides is 3. The second-order valence-corrected chi connectivity index (χ2v) is 6.39. The van der Waals surface area contributed by atoms with Crippen molar-refractivity contribution in [3.05, 3.63) is 29.8 Å². The van der Waals surface area contributed by atoms with Crippen LogP contribution in [0.2, 0.25) is 0 Å². The van der Waals surface area contributed by atoms with Gasteiger partial charge in [0.15, 0.2) is 6.61 Å². The first-order chi connectivity index (χ1) is 12.0. The molecular weight excluding hydrogens is 324 g/mol. The molecule has 0 saturated carbocycles. The Morgan fingerprint density at radius 2 is 1.88 bits per heavy atom. The van der Waals surface area contributed by atoms with E-state index in [1.807, 2.05) is 31.2 Å². The monoisotopic (exact) mass is 344 g/mol. The largest absolute Gasteiger partial charge is 0.455 e. The van der Waals surface area contributed by atoms with Crippen molar-refractivity contribution in [2.24, 2.45) is 5.92 Å². The molecule has 3 amide bonds. The normalized spacial score (nSPS) is 20.3. The summed E-state index contributed by atoms with van der Waals surface area (Å²) in [6.07, 6.45) is 1.05. The van der Waals surface area contributed by atoms with Crippen LogP contribution in [0.15, 0.2) is 24.3 Å². The van der Waals surface area contributed by atoms with E-state index >= 15 is 0 Å². The summed E-state index contributed by atoms with van der Waals surface area (Å²) in [5, 5.41) is 0. The summed E-state index contributed by atoms with van der Waals surface area (Å²) >= 11 is 0. The van der Waals surface area contributed by atoms with Crippen molar-refractivity contribution in [2.75, 3.05) is 24.6 Å². The van der Waals surface area contributed by atoms with Gasteiger partial charge in [0.25, 0.3) is 5.91 Å². The lowest BCUT2D eigenvalue weighted by molar-refractivity contribution is -0.157. The molecule has 0 N–H and O–H groups in total. The Bertz CT molecular complexity index is 713. The molecule has 132 valence electrons. The Morgan fingerprint density at radius 3 is 2.52 bits per heavy atom. The molecule has 7 heteroatoms. The average Bonchev–Trinajstić information content (AvgIpc) is 3.19. The van der Waals surface area contributed by atoms with Crippen LogP contribution in [-0.2, 0) is 23.9 Å². The molecule has 0 bridgehead atoms. The first-order valence-electron chi connectivity index (χ1n) is 8.32. The maximum atomic E-state index is 12.2. The van der Waals surface area contributed by atoms with Gasteiger partial charge in [-0.3, -0.25) is 24.1 Å². The lowest BCUT2D eigenvalue weighted by atomic mass is 10.1. The van der Waals surface area contributed by atoms with Gasteiger partial charge in [-0.15, -0.1) is 0 Å². The zero-order chi connectivity index (χ0) is 18.0. The van der Waals surface area contributed by atoms with Crippen molar-refractivity contribution >= 4 is 29.4 Å². The number of hydrogen-bond acceptors (Lipinski definition) is 5. The fourth-order valence-corrected chi connectivity index (χ4v) is 3.08. The smallest absolute Gasteiger partial charge is 0.311 e. The Hall–Kier alpha value is -2.70. The van der Waals surface area contributed by atoms with E-state index < -0.39 is 24.4 Å². The van der Waals surface area contributed by atoms with Crippen molar-refractivity contribution in [3.63, 3.8) is 0 Å². The first kappa shape index (κ1) is 17.1. The minimum absolute atomic E-state index is 0.0591. The van der Waals surface area contributed by atoms with Crippen LogP contribution in [0.4, 0.5) is 5.69 Å². The highest BCUT2D eigenvalue weighted by atomic mass is 16.5. The maximum absolute atomic E-state index is 12.2. The third kappa shape index (κ3) is 3.70. The van der Waals surface area contributed by atoms with Crippen molar-refractivity contribution in [1.82, 2.24) is 4.90 Å². The average molecular weight is 344 g/mol. The predicted molar refractivity (Wildman–Crippen MR) is 88.6 cm³/mol. The SMILES string of the molecule is Cc1ccc(N2C[C@H](C(=O)OCC(=O)N3CCCC3=O)CC2=O)cc1. The lowest BCUT2D eigenvalue weighted by Crippen LogP contribution is -2.36. The van der Waals surface area contributed by atoms with Gasteiger partial charge in [0, 0.05) is 31.6 Å². The minimum atomic E-state index is -0.601. The summed E-state index contributed by atoms with van der Waals surface area (Å²) in [6, 6.07) is 7.48. The summed E-state index contributed by atoms with van der Waals surface area (Å²) in [7, 11) is 0. The van der Waals surface area contributed by atoms with E-state index in [1.54, 1.807) is 4.90 Å². The number of nitrogens with zero attached hydrogens (tertiary/aromatic N) is 2. The highest BCUT2D eigenvalue weighted by Gasteiger charge is 2.37. The number of carbonyl (C=O) groups is 4. The van der Waals surface area contributed by atoms with E-state index in [4.69, 9.17) is 4.74 Å². The van der Waals surface area contributed by atoms with Gasteiger partial charge in [-0.1, -0.05) is 17.7 Å². The zero-order valence-corrected chi connectivity index (χ0v) is 14.1. The van der Waals surface area contributed by atoms with Crippen LogP contribution in [0.1, 0.15) is 24.8 Å². The number of likely N-dealkylation sites (tertiary alicyclic amines) is 1. The number of hydrogen-bond donors (Lipinski definition) is 0. The number of anilines is 1. The molecule has 3 rings (SSSR count). The quantitative estimate of drug-likeness (QED) is 0.762. The second kappa shape index (κ2) is 7.04. The van der Waals surface area contributed by atoms with Crippen LogP contribution in [-0.4, -0.2) is 48.3 Å². The fourth-order valence-electron chi connectivity index (χ4n) is 3.08. The molecule has 2 fully saturated rings. The standard InChI is InChI=1S/C18H20N2O5/c1-12-4-6-14(7-5-12)20-10-13(9-16(20)22)18(24)25-11-17(23)19-8-2-3-15(19)21/h4-7,13H,2-3,8-11H2,1H3/t13-/m1/s1. The van der Waals surface area contributed by atoms with Crippen LogP contribution < -0.4 is 4.90 Å². The van der Waals surface area contributed by atoms with Gasteiger partial charge in [-0.25, -0.2) is 0 Å². The van der Waals surface area contributed by atoms with E-state index in [-0.39, 0.29) is 24.8 Å². The number of benzene rings is 1. The molecule has 0 aromatic heterocycles. The molecule has 2 heterocycles. The summed E-state index contributed by atoms with van der Waals surface area (Å²) in [5.41, 5.74) is 1.82. The summed E-state index contributed by atoms with van der Waals surface area (Å²) in [5.74, 6) is -2.07. The van der Waals surface area contributed by atoms with Crippen molar-refractivity contribution in [3.8, 4) is 0 Å². The minimum Gasteiger partial charge on any atom is -0.455 e. The molecular formula is C18H20N2O5. The molecule has 2 aliphatic rings. The second-order valence-electron chi connectivity index (χ2n) is 6.39. The number of rotatable bonds is 4. The van der Waals surface area contributed by atoms with Crippen molar-refractivity contribution < 1.29 is 23.9 Å². The van der Waals surface area contributed by atoms with Crippen LogP contribution in [0, 0.1) is 12.8 Å². The van der Waals surface area contributed by atoms with E-state index in [2.05, 4.69) is 0 Å². The molecule has 1 aromatic carbocycles. The van der Waals surface area contributed by atoms with Gasteiger partial charge >= 0.3 is 5.97 Å². The van der Waals surface area contributed by atoms with Crippen LogP contribution in [0.3, 0.4) is 0 Å². The first-order valence-corrected chi connectivity index (χ1v) is 8.32. The molecule has 2 saturated heterocycles. The van der Waals surface area contributed by atoms with Gasteiger partial charge in [-0.05, 0) is 25.5 Å². The molecule has 0 radical (unpaired) electrons. The van der Waals surface area contributed by atoms with E-state index in [0.29, 0.717) is 19.4 Å². The molecule has 0 aliphatic carbocycles. The highest BCUT2D eigenvalue weighted by molar-refractivity contribution is 6.00. The van der Waals surface area contributed by atoms with E-state index in [0.717, 1.165) is 16.2 Å². The Labute approximate surface area is 145 Å². The Kier molecular flexibility index (Phi) is 4.83. The summed E-state index contributed by atoms with van der Waals surface area (Å²) in [4.78, 5) is 50.4.